The second-order valence-electron chi connectivity index (χ2n) is 8.36. The van der Waals surface area contributed by atoms with Gasteiger partial charge in [-0.1, -0.05) is 26.0 Å². The molecule has 1 saturated carbocycles. The molecule has 0 N–H and O–H groups in total. The largest absolute Gasteiger partial charge is 0.351 e. The highest BCUT2D eigenvalue weighted by molar-refractivity contribution is 5.88. The van der Waals surface area contributed by atoms with E-state index in [2.05, 4.69) is 27.4 Å². The molecule has 0 aromatic heterocycles. The molecule has 1 amide bonds. The summed E-state index contributed by atoms with van der Waals surface area (Å²) < 4.78 is 6.38. The molecule has 4 atom stereocenters. The summed E-state index contributed by atoms with van der Waals surface area (Å²) in [5, 5.41) is 10.8. The van der Waals surface area contributed by atoms with Crippen molar-refractivity contribution in [2.75, 3.05) is 0 Å². The Hall–Kier alpha value is -2.47. The molecule has 6 nitrogen and oxygen atoms in total. The molecule has 1 saturated heterocycles. The van der Waals surface area contributed by atoms with Crippen molar-refractivity contribution in [2.24, 2.45) is 11.8 Å². The van der Waals surface area contributed by atoms with Crippen LogP contribution in [0.15, 0.2) is 43.0 Å². The molecule has 2 aliphatic rings. The second-order valence-corrected chi connectivity index (χ2v) is 8.36. The van der Waals surface area contributed by atoms with Crippen LogP contribution < -0.4 is 0 Å². The molecule has 1 aromatic carbocycles. The van der Waals surface area contributed by atoms with Crippen LogP contribution >= 0.6 is 0 Å². The number of ether oxygens (including phenoxy) is 1. The summed E-state index contributed by atoms with van der Waals surface area (Å²) in [6, 6.07) is 6.31. The van der Waals surface area contributed by atoms with Crippen LogP contribution in [0.5, 0.6) is 0 Å². The van der Waals surface area contributed by atoms with Crippen molar-refractivity contribution in [3.05, 3.63) is 58.7 Å². The average Bonchev–Trinajstić information content (AvgIpc) is 2.65. The van der Waals surface area contributed by atoms with Crippen LogP contribution in [0.2, 0.25) is 0 Å². The number of hydrogen-bond acceptors (Lipinski definition) is 4. The average molecular weight is 384 g/mol. The molecule has 0 bridgehead atoms. The Morgan fingerprint density at radius 1 is 1.32 bits per heavy atom. The minimum Gasteiger partial charge on any atom is -0.351 e. The maximum absolute atomic E-state index is 12.7. The molecule has 2 fully saturated rings. The zero-order valence-corrected chi connectivity index (χ0v) is 16.7. The molecule has 1 heterocycles. The lowest BCUT2D eigenvalue weighted by Crippen LogP contribution is -2.65. The normalized spacial score (nSPS) is 29.3. The number of fused-ring (bicyclic) bond motifs is 1. The Bertz CT molecular complexity index is 784. The predicted octanol–water partition coefficient (Wildman–Crippen LogP) is 4.56. The van der Waals surface area contributed by atoms with Crippen molar-refractivity contribution in [1.29, 1.82) is 0 Å². The van der Waals surface area contributed by atoms with Gasteiger partial charge in [-0.05, 0) is 62.5 Å². The molecule has 1 aliphatic carbocycles. The molecule has 6 heteroatoms. The summed E-state index contributed by atoms with van der Waals surface area (Å²) in [6.07, 6.45) is 7.84. The third-order valence-corrected chi connectivity index (χ3v) is 6.12. The summed E-state index contributed by atoms with van der Waals surface area (Å²) in [4.78, 5) is 24.9. The van der Waals surface area contributed by atoms with Gasteiger partial charge in [0.1, 0.15) is 0 Å². The molecule has 0 radical (unpaired) electrons. The van der Waals surface area contributed by atoms with Crippen LogP contribution in [0.25, 0.3) is 6.08 Å². The van der Waals surface area contributed by atoms with E-state index < -0.39 is 11.2 Å². The number of carbonyl (C=O) groups is 1. The zero-order chi connectivity index (χ0) is 20.5. The van der Waals surface area contributed by atoms with Gasteiger partial charge >= 0.3 is 0 Å². The first-order valence-electron chi connectivity index (χ1n) is 9.78. The number of amides is 1. The van der Waals surface area contributed by atoms with Gasteiger partial charge in [-0.25, -0.2) is 0 Å². The van der Waals surface area contributed by atoms with Gasteiger partial charge in [0.25, 0.3) is 5.69 Å². The van der Waals surface area contributed by atoms with Gasteiger partial charge in [-0.2, -0.15) is 0 Å². The molecule has 3 rings (SSSR count). The fraction of sp³-hybridized carbons (Fsp3) is 0.500. The van der Waals surface area contributed by atoms with E-state index in [-0.39, 0.29) is 29.2 Å². The lowest BCUT2D eigenvalue weighted by Gasteiger charge is -2.56. The number of benzene rings is 1. The van der Waals surface area contributed by atoms with Crippen molar-refractivity contribution in [3.63, 3.8) is 0 Å². The van der Waals surface area contributed by atoms with Crippen molar-refractivity contribution >= 4 is 17.7 Å². The van der Waals surface area contributed by atoms with Gasteiger partial charge in [-0.15, -0.1) is 0 Å². The first kappa shape index (κ1) is 20.3. The van der Waals surface area contributed by atoms with Gasteiger partial charge in [0.05, 0.1) is 11.0 Å². The monoisotopic (exact) mass is 384 g/mol. The van der Waals surface area contributed by atoms with Gasteiger partial charge in [0.2, 0.25) is 5.91 Å². The number of nitro benzene ring substituents is 1. The fourth-order valence-electron chi connectivity index (χ4n) is 4.57. The fourth-order valence-corrected chi connectivity index (χ4v) is 4.57. The minimum absolute atomic E-state index is 0.0506. The number of rotatable bonds is 4. The van der Waals surface area contributed by atoms with Gasteiger partial charge in [0.15, 0.2) is 6.23 Å². The number of carbonyl (C=O) groups excluding carboxylic acids is 1. The number of hydrogen-bond donors (Lipinski definition) is 0. The summed E-state index contributed by atoms with van der Waals surface area (Å²) in [7, 11) is 0. The molecule has 1 aliphatic heterocycles. The quantitative estimate of drug-likeness (QED) is 0.433. The predicted molar refractivity (Wildman–Crippen MR) is 108 cm³/mol. The standard InChI is InChI=1S/C22H28N2O4/c1-5-20(25)23-21(13-9-16-7-10-17(11-8-16)24(26)27)28-19-14-15(2)6-12-18(19)22(23,3)4/h5,7-11,13,15,18-19,21H,1,6,12,14H2,2-4H3/b13-9+. The molecule has 4 unspecified atom stereocenters. The van der Waals surface area contributed by atoms with Crippen LogP contribution in [0.3, 0.4) is 0 Å². The Morgan fingerprint density at radius 3 is 2.61 bits per heavy atom. The maximum atomic E-state index is 12.7. The maximum Gasteiger partial charge on any atom is 0.269 e. The van der Waals surface area contributed by atoms with Crippen LogP contribution in [-0.4, -0.2) is 33.6 Å². The van der Waals surface area contributed by atoms with Crippen LogP contribution in [0.4, 0.5) is 5.69 Å². The van der Waals surface area contributed by atoms with Crippen molar-refractivity contribution < 1.29 is 14.5 Å². The lowest BCUT2D eigenvalue weighted by atomic mass is 9.69. The number of non-ortho nitro benzene ring substituents is 1. The Balaban J connectivity index is 1.88. The molecule has 1 aromatic rings. The number of nitrogens with zero attached hydrogens (tertiary/aromatic N) is 2. The van der Waals surface area contributed by atoms with E-state index in [1.54, 1.807) is 17.0 Å². The Morgan fingerprint density at radius 2 is 2.00 bits per heavy atom. The molecule has 0 spiro atoms. The second kappa shape index (κ2) is 7.87. The van der Waals surface area contributed by atoms with Crippen LogP contribution in [0.1, 0.15) is 45.6 Å². The molecular weight excluding hydrogens is 356 g/mol. The summed E-state index contributed by atoms with van der Waals surface area (Å²) in [5.41, 5.74) is 0.519. The van der Waals surface area contributed by atoms with E-state index in [1.807, 2.05) is 12.2 Å². The van der Waals surface area contributed by atoms with E-state index in [0.717, 1.165) is 24.8 Å². The van der Waals surface area contributed by atoms with Crippen LogP contribution in [0, 0.1) is 22.0 Å². The topological polar surface area (TPSA) is 72.7 Å². The van der Waals surface area contributed by atoms with Gasteiger partial charge < -0.3 is 9.64 Å². The Kier molecular flexibility index (Phi) is 5.70. The molecule has 150 valence electrons. The van der Waals surface area contributed by atoms with Crippen molar-refractivity contribution in [1.82, 2.24) is 4.90 Å². The van der Waals surface area contributed by atoms with E-state index in [0.29, 0.717) is 5.92 Å². The summed E-state index contributed by atoms with van der Waals surface area (Å²) >= 11 is 0. The number of nitro groups is 1. The molecular formula is C22H28N2O4. The van der Waals surface area contributed by atoms with Gasteiger partial charge in [0, 0.05) is 23.6 Å². The van der Waals surface area contributed by atoms with E-state index in [1.165, 1.54) is 18.2 Å². The van der Waals surface area contributed by atoms with E-state index in [9.17, 15) is 14.9 Å². The van der Waals surface area contributed by atoms with Crippen molar-refractivity contribution in [3.8, 4) is 0 Å². The smallest absolute Gasteiger partial charge is 0.269 e. The highest BCUT2D eigenvalue weighted by atomic mass is 16.6. The SMILES string of the molecule is C=CC(=O)N1C(/C=C/c2ccc([N+](=O)[O-])cc2)OC2CC(C)CCC2C1(C)C. The van der Waals surface area contributed by atoms with Crippen molar-refractivity contribution in [2.45, 2.75) is 57.9 Å². The van der Waals surface area contributed by atoms with E-state index in [4.69, 9.17) is 4.74 Å². The zero-order valence-electron chi connectivity index (χ0n) is 16.7. The summed E-state index contributed by atoms with van der Waals surface area (Å²) in [5.74, 6) is 0.745. The minimum atomic E-state index is -0.498. The highest BCUT2D eigenvalue weighted by Crippen LogP contribution is 2.45. The lowest BCUT2D eigenvalue weighted by molar-refractivity contribution is -0.384. The van der Waals surface area contributed by atoms with Gasteiger partial charge in [-0.3, -0.25) is 14.9 Å². The van der Waals surface area contributed by atoms with Crippen LogP contribution in [-0.2, 0) is 9.53 Å². The first-order valence-corrected chi connectivity index (χ1v) is 9.78. The third kappa shape index (κ3) is 3.87. The summed E-state index contributed by atoms with van der Waals surface area (Å²) in [6.45, 7) is 10.1. The first-order chi connectivity index (χ1) is 13.2. The highest BCUT2D eigenvalue weighted by Gasteiger charge is 2.51. The third-order valence-electron chi connectivity index (χ3n) is 6.12. The Labute approximate surface area is 166 Å². The molecule has 28 heavy (non-hydrogen) atoms. The van der Waals surface area contributed by atoms with E-state index >= 15 is 0 Å².